The van der Waals surface area contributed by atoms with Gasteiger partial charge >= 0.3 is 5.97 Å². The second kappa shape index (κ2) is 7.96. The normalized spacial score (nSPS) is 12.6. The third-order valence-corrected chi connectivity index (χ3v) is 3.17. The lowest BCUT2D eigenvalue weighted by molar-refractivity contribution is 0.0695. The van der Waals surface area contributed by atoms with Gasteiger partial charge in [-0.15, -0.1) is 0 Å². The van der Waals surface area contributed by atoms with Crippen molar-refractivity contribution in [1.29, 1.82) is 0 Å². The summed E-state index contributed by atoms with van der Waals surface area (Å²) in [4.78, 5) is 10.9. The Morgan fingerprint density at radius 1 is 1.47 bits per heavy atom. The first-order chi connectivity index (χ1) is 9.08. The van der Waals surface area contributed by atoms with E-state index in [1.54, 1.807) is 13.0 Å². The molecular weight excluding hydrogens is 246 g/mol. The van der Waals surface area contributed by atoms with Crippen molar-refractivity contribution in [3.8, 4) is 0 Å². The van der Waals surface area contributed by atoms with E-state index in [9.17, 15) is 4.79 Å². The highest BCUT2D eigenvalue weighted by Crippen LogP contribution is 2.15. The molecule has 108 valence electrons. The third kappa shape index (κ3) is 5.04. The maximum absolute atomic E-state index is 10.9. The standard InChI is InChI=1S/C14H23NO4/c1-3-4-11(5-6-16)8-15-9-12-7-13(14(17)18)10(2)19-12/h7,11,15-16H,3-6,8-9H2,1-2H3,(H,17,18). The van der Waals surface area contributed by atoms with Gasteiger partial charge in [-0.05, 0) is 38.3 Å². The summed E-state index contributed by atoms with van der Waals surface area (Å²) in [5.74, 6) is 0.556. The van der Waals surface area contributed by atoms with Crippen molar-refractivity contribution in [3.05, 3.63) is 23.2 Å². The van der Waals surface area contributed by atoms with Gasteiger partial charge in [-0.1, -0.05) is 13.3 Å². The van der Waals surface area contributed by atoms with Crippen LogP contribution in [0.25, 0.3) is 0 Å². The molecule has 3 N–H and O–H groups in total. The first-order valence-corrected chi connectivity index (χ1v) is 6.72. The summed E-state index contributed by atoms with van der Waals surface area (Å²) >= 11 is 0. The average molecular weight is 269 g/mol. The predicted octanol–water partition coefficient (Wildman–Crippen LogP) is 2.17. The molecular formula is C14H23NO4. The number of hydrogen-bond acceptors (Lipinski definition) is 4. The van der Waals surface area contributed by atoms with Gasteiger partial charge in [-0.25, -0.2) is 4.79 Å². The molecule has 19 heavy (non-hydrogen) atoms. The number of carboxylic acid groups (broad SMARTS) is 1. The topological polar surface area (TPSA) is 82.7 Å². The highest BCUT2D eigenvalue weighted by Gasteiger charge is 2.13. The summed E-state index contributed by atoms with van der Waals surface area (Å²) in [7, 11) is 0. The fraction of sp³-hybridized carbons (Fsp3) is 0.643. The molecule has 1 rings (SSSR count). The van der Waals surface area contributed by atoms with Crippen LogP contribution in [0.4, 0.5) is 0 Å². The lowest BCUT2D eigenvalue weighted by Crippen LogP contribution is -2.23. The Kier molecular flexibility index (Phi) is 6.59. The zero-order chi connectivity index (χ0) is 14.3. The molecule has 0 radical (unpaired) electrons. The van der Waals surface area contributed by atoms with Crippen molar-refractivity contribution >= 4 is 5.97 Å². The molecule has 1 unspecified atom stereocenters. The van der Waals surface area contributed by atoms with Crippen molar-refractivity contribution in [2.75, 3.05) is 13.2 Å². The first kappa shape index (κ1) is 15.7. The van der Waals surface area contributed by atoms with E-state index in [1.165, 1.54) is 0 Å². The van der Waals surface area contributed by atoms with Gasteiger partial charge in [-0.2, -0.15) is 0 Å². The predicted molar refractivity (Wildman–Crippen MR) is 72.2 cm³/mol. The van der Waals surface area contributed by atoms with Crippen molar-refractivity contribution < 1.29 is 19.4 Å². The molecule has 1 heterocycles. The summed E-state index contributed by atoms with van der Waals surface area (Å²) in [5.41, 5.74) is 0.220. The Morgan fingerprint density at radius 2 is 2.21 bits per heavy atom. The number of aryl methyl sites for hydroxylation is 1. The van der Waals surface area contributed by atoms with Gasteiger partial charge in [-0.3, -0.25) is 0 Å². The maximum Gasteiger partial charge on any atom is 0.339 e. The Labute approximate surface area is 113 Å². The molecule has 0 amide bonds. The summed E-state index contributed by atoms with van der Waals surface area (Å²) in [6, 6.07) is 1.56. The minimum Gasteiger partial charge on any atom is -0.478 e. The molecule has 0 aliphatic carbocycles. The van der Waals surface area contributed by atoms with Crippen LogP contribution in [0.1, 0.15) is 48.1 Å². The summed E-state index contributed by atoms with van der Waals surface area (Å²) in [6.45, 7) is 5.30. The Morgan fingerprint density at radius 3 is 2.74 bits per heavy atom. The Hall–Kier alpha value is -1.33. The van der Waals surface area contributed by atoms with E-state index in [0.29, 0.717) is 24.0 Å². The molecule has 5 heteroatoms. The summed E-state index contributed by atoms with van der Waals surface area (Å²) in [6.07, 6.45) is 2.96. The quantitative estimate of drug-likeness (QED) is 0.640. The monoisotopic (exact) mass is 269 g/mol. The number of aliphatic hydroxyl groups is 1. The number of aromatic carboxylic acids is 1. The molecule has 1 atom stereocenters. The molecule has 0 bridgehead atoms. The zero-order valence-electron chi connectivity index (χ0n) is 11.6. The number of carbonyl (C=O) groups is 1. The fourth-order valence-electron chi connectivity index (χ4n) is 2.18. The molecule has 0 saturated carbocycles. The van der Waals surface area contributed by atoms with Gasteiger partial charge < -0.3 is 19.9 Å². The number of aliphatic hydroxyl groups excluding tert-OH is 1. The highest BCUT2D eigenvalue weighted by molar-refractivity contribution is 5.88. The first-order valence-electron chi connectivity index (χ1n) is 6.72. The van der Waals surface area contributed by atoms with Crippen molar-refractivity contribution in [1.82, 2.24) is 5.32 Å². The molecule has 0 fully saturated rings. The SMILES string of the molecule is CCCC(CCO)CNCc1cc(C(=O)O)c(C)o1. The molecule has 0 aliphatic rings. The third-order valence-electron chi connectivity index (χ3n) is 3.17. The number of hydrogen-bond donors (Lipinski definition) is 3. The van der Waals surface area contributed by atoms with Crippen molar-refractivity contribution in [2.24, 2.45) is 5.92 Å². The Bertz CT molecular complexity index is 394. The van der Waals surface area contributed by atoms with E-state index in [4.69, 9.17) is 14.6 Å². The van der Waals surface area contributed by atoms with Gasteiger partial charge in [0, 0.05) is 6.61 Å². The zero-order valence-corrected chi connectivity index (χ0v) is 11.6. The minimum atomic E-state index is -0.961. The van der Waals surface area contributed by atoms with Gasteiger partial charge in [0.05, 0.1) is 6.54 Å². The fourth-order valence-corrected chi connectivity index (χ4v) is 2.18. The average Bonchev–Trinajstić information content (AvgIpc) is 2.71. The van der Waals surface area contributed by atoms with E-state index in [2.05, 4.69) is 12.2 Å². The summed E-state index contributed by atoms with van der Waals surface area (Å²) < 4.78 is 5.38. The van der Waals surface area contributed by atoms with Crippen LogP contribution < -0.4 is 5.32 Å². The number of furan rings is 1. The molecule has 5 nitrogen and oxygen atoms in total. The minimum absolute atomic E-state index is 0.204. The van der Waals surface area contributed by atoms with Crippen LogP contribution in [0.3, 0.4) is 0 Å². The number of carboxylic acids is 1. The van der Waals surface area contributed by atoms with E-state index in [0.717, 1.165) is 25.8 Å². The van der Waals surface area contributed by atoms with Crippen LogP contribution in [-0.2, 0) is 6.54 Å². The van der Waals surface area contributed by atoms with E-state index < -0.39 is 5.97 Å². The molecule has 1 aromatic heterocycles. The number of rotatable bonds is 9. The molecule has 1 aromatic rings. The molecule has 0 aromatic carbocycles. The molecule has 0 aliphatic heterocycles. The second-order valence-electron chi connectivity index (χ2n) is 4.79. The van der Waals surface area contributed by atoms with Crippen molar-refractivity contribution in [2.45, 2.75) is 39.7 Å². The van der Waals surface area contributed by atoms with Crippen LogP contribution in [0.5, 0.6) is 0 Å². The summed E-state index contributed by atoms with van der Waals surface area (Å²) in [5, 5.41) is 21.1. The van der Waals surface area contributed by atoms with E-state index in [-0.39, 0.29) is 12.2 Å². The molecule has 0 spiro atoms. The van der Waals surface area contributed by atoms with E-state index in [1.807, 2.05) is 0 Å². The Balaban J connectivity index is 2.43. The van der Waals surface area contributed by atoms with Gasteiger partial charge in [0.1, 0.15) is 17.1 Å². The molecule has 0 saturated heterocycles. The second-order valence-corrected chi connectivity index (χ2v) is 4.79. The highest BCUT2D eigenvalue weighted by atomic mass is 16.4. The van der Waals surface area contributed by atoms with Gasteiger partial charge in [0.15, 0.2) is 0 Å². The van der Waals surface area contributed by atoms with Crippen LogP contribution in [-0.4, -0.2) is 29.3 Å². The van der Waals surface area contributed by atoms with Crippen LogP contribution in [0.15, 0.2) is 10.5 Å². The van der Waals surface area contributed by atoms with Gasteiger partial charge in [0.2, 0.25) is 0 Å². The largest absolute Gasteiger partial charge is 0.478 e. The van der Waals surface area contributed by atoms with Crippen LogP contribution in [0.2, 0.25) is 0 Å². The van der Waals surface area contributed by atoms with Gasteiger partial charge in [0.25, 0.3) is 0 Å². The number of nitrogens with one attached hydrogen (secondary N) is 1. The van der Waals surface area contributed by atoms with E-state index >= 15 is 0 Å². The van der Waals surface area contributed by atoms with Crippen molar-refractivity contribution in [3.63, 3.8) is 0 Å². The van der Waals surface area contributed by atoms with Crippen LogP contribution >= 0.6 is 0 Å². The van der Waals surface area contributed by atoms with Crippen LogP contribution in [0, 0.1) is 12.8 Å². The lowest BCUT2D eigenvalue weighted by atomic mass is 10.0. The smallest absolute Gasteiger partial charge is 0.339 e. The maximum atomic E-state index is 10.9. The lowest BCUT2D eigenvalue weighted by Gasteiger charge is -2.14.